The summed E-state index contributed by atoms with van der Waals surface area (Å²) < 4.78 is 38.7. The molecule has 0 aromatic heterocycles. The van der Waals surface area contributed by atoms with E-state index < -0.39 is 6.36 Å². The predicted molar refractivity (Wildman–Crippen MR) is 39.4 cm³/mol. The van der Waals surface area contributed by atoms with Crippen LogP contribution in [0.2, 0.25) is 0 Å². The van der Waals surface area contributed by atoms with Gasteiger partial charge < -0.3 is 4.74 Å². The number of rotatable bonds is 1. The predicted octanol–water partition coefficient (Wildman–Crippen LogP) is 2.52. The molecule has 0 aliphatic carbocycles. The molecule has 1 nitrogen and oxygen atoms in total. The highest BCUT2D eigenvalue weighted by molar-refractivity contribution is 5.37. The van der Waals surface area contributed by atoms with E-state index >= 15 is 0 Å². The third-order valence-corrected chi connectivity index (χ3v) is 1.21. The summed E-state index contributed by atoms with van der Waals surface area (Å²) in [6, 6.07) is 5.06. The number of benzene rings is 1. The second-order valence-corrected chi connectivity index (χ2v) is 2.20. The maximum atomic E-state index is 11.7. The molecular weight excluding hydrogens is 181 g/mol. The monoisotopic (exact) mass is 185 g/mol. The van der Waals surface area contributed by atoms with Crippen molar-refractivity contribution in [3.05, 3.63) is 36.3 Å². The molecule has 0 spiro atoms. The fourth-order valence-corrected chi connectivity index (χ4v) is 0.771. The first kappa shape index (κ1) is 9.46. The van der Waals surface area contributed by atoms with Crippen molar-refractivity contribution in [3.8, 4) is 11.7 Å². The highest BCUT2D eigenvalue weighted by Crippen LogP contribution is 2.22. The number of alkyl halides is 3. The van der Waals surface area contributed by atoms with Gasteiger partial charge in [0.2, 0.25) is 0 Å². The van der Waals surface area contributed by atoms with Crippen molar-refractivity contribution < 1.29 is 17.9 Å². The zero-order chi connectivity index (χ0) is 9.90. The molecule has 4 heteroatoms. The van der Waals surface area contributed by atoms with Gasteiger partial charge in [-0.05, 0) is 24.6 Å². The summed E-state index contributed by atoms with van der Waals surface area (Å²) in [5, 5.41) is 0. The molecule has 13 heavy (non-hydrogen) atoms. The molecule has 0 unspecified atom stereocenters. The fourth-order valence-electron chi connectivity index (χ4n) is 0.771. The van der Waals surface area contributed by atoms with Gasteiger partial charge in [0.05, 0.1) is 0 Å². The van der Waals surface area contributed by atoms with Crippen LogP contribution in [0.3, 0.4) is 0 Å². The Morgan fingerprint density at radius 2 is 2.00 bits per heavy atom. The van der Waals surface area contributed by atoms with Crippen LogP contribution in [0.25, 0.3) is 0 Å². The third kappa shape index (κ3) is 3.08. The third-order valence-electron chi connectivity index (χ3n) is 1.21. The van der Waals surface area contributed by atoms with E-state index in [9.17, 15) is 13.2 Å². The number of halogens is 3. The fraction of sp³-hybridized carbons (Fsp3) is 0.111. The normalized spacial score (nSPS) is 10.6. The van der Waals surface area contributed by atoms with Gasteiger partial charge in [-0.25, -0.2) is 0 Å². The molecule has 0 saturated carbocycles. The van der Waals surface area contributed by atoms with Crippen LogP contribution in [-0.2, 0) is 0 Å². The lowest BCUT2D eigenvalue weighted by Crippen LogP contribution is -2.17. The van der Waals surface area contributed by atoms with Crippen molar-refractivity contribution in [2.75, 3.05) is 0 Å². The van der Waals surface area contributed by atoms with Gasteiger partial charge in [0.25, 0.3) is 0 Å². The minimum absolute atomic E-state index is 0.238. The number of ether oxygens (including phenoxy) is 1. The lowest BCUT2D eigenvalue weighted by Gasteiger charge is -2.08. The van der Waals surface area contributed by atoms with Crippen LogP contribution in [0, 0.1) is 12.3 Å². The molecule has 1 rings (SSSR count). The molecule has 1 aromatic carbocycles. The molecule has 0 saturated heterocycles. The standard InChI is InChI=1S/C9H4F3O/c1-2-7-4-3-5-8(6-7)13-9(10,11)12/h3-6H. The summed E-state index contributed by atoms with van der Waals surface area (Å²) in [5.41, 5.74) is 0.238. The lowest BCUT2D eigenvalue weighted by molar-refractivity contribution is -0.274. The van der Waals surface area contributed by atoms with Gasteiger partial charge in [0.1, 0.15) is 5.75 Å². The highest BCUT2D eigenvalue weighted by atomic mass is 19.4. The molecule has 67 valence electrons. The molecule has 0 aliphatic rings. The van der Waals surface area contributed by atoms with Gasteiger partial charge in [0.15, 0.2) is 0 Å². The summed E-state index contributed by atoms with van der Waals surface area (Å²) in [6.07, 6.45) is 1.99. The first-order valence-corrected chi connectivity index (χ1v) is 3.30. The zero-order valence-electron chi connectivity index (χ0n) is 6.35. The van der Waals surface area contributed by atoms with Crippen molar-refractivity contribution in [2.45, 2.75) is 6.36 Å². The SMILES string of the molecule is [C]#Cc1cccc(OC(F)(F)F)c1. The molecule has 0 atom stereocenters. The van der Waals surface area contributed by atoms with Gasteiger partial charge in [-0.1, -0.05) is 12.0 Å². The van der Waals surface area contributed by atoms with Crippen LogP contribution < -0.4 is 4.74 Å². The van der Waals surface area contributed by atoms with Crippen molar-refractivity contribution in [2.24, 2.45) is 0 Å². The molecule has 1 radical (unpaired) electrons. The Hall–Kier alpha value is -1.63. The van der Waals surface area contributed by atoms with Crippen LogP contribution in [0.4, 0.5) is 13.2 Å². The Labute approximate surface area is 73.1 Å². The van der Waals surface area contributed by atoms with E-state index in [4.69, 9.17) is 6.42 Å². The quantitative estimate of drug-likeness (QED) is 0.611. The number of hydrogen-bond donors (Lipinski definition) is 0. The van der Waals surface area contributed by atoms with E-state index in [1.807, 2.05) is 5.92 Å². The Kier molecular flexibility index (Phi) is 2.47. The molecule has 0 fully saturated rings. The van der Waals surface area contributed by atoms with E-state index in [2.05, 4.69) is 4.74 Å². The van der Waals surface area contributed by atoms with E-state index in [0.29, 0.717) is 0 Å². The first-order valence-electron chi connectivity index (χ1n) is 3.30. The summed E-state index contributed by atoms with van der Waals surface area (Å²) in [5.74, 6) is 1.61. The molecule has 0 N–H and O–H groups in total. The van der Waals surface area contributed by atoms with Crippen LogP contribution >= 0.6 is 0 Å². The summed E-state index contributed by atoms with van der Waals surface area (Å²) >= 11 is 0. The van der Waals surface area contributed by atoms with Crippen LogP contribution in [0.1, 0.15) is 5.56 Å². The van der Waals surface area contributed by atoms with Crippen molar-refractivity contribution in [1.29, 1.82) is 0 Å². The number of hydrogen-bond acceptors (Lipinski definition) is 1. The largest absolute Gasteiger partial charge is 0.573 e. The Morgan fingerprint density at radius 3 is 2.54 bits per heavy atom. The van der Waals surface area contributed by atoms with Crippen LogP contribution in [-0.4, -0.2) is 6.36 Å². The molecule has 0 amide bonds. The Morgan fingerprint density at radius 1 is 1.31 bits per heavy atom. The van der Waals surface area contributed by atoms with Gasteiger partial charge in [0, 0.05) is 5.56 Å². The minimum Gasteiger partial charge on any atom is -0.406 e. The van der Waals surface area contributed by atoms with Gasteiger partial charge >= 0.3 is 6.36 Å². The molecule has 0 aliphatic heterocycles. The van der Waals surface area contributed by atoms with Crippen molar-refractivity contribution in [1.82, 2.24) is 0 Å². The Balaban J connectivity index is 2.86. The van der Waals surface area contributed by atoms with Crippen LogP contribution in [0.5, 0.6) is 5.75 Å². The second kappa shape index (κ2) is 3.40. The van der Waals surface area contributed by atoms with Gasteiger partial charge in [-0.3, -0.25) is 0 Å². The maximum absolute atomic E-state index is 11.7. The van der Waals surface area contributed by atoms with Crippen LogP contribution in [0.15, 0.2) is 24.3 Å². The smallest absolute Gasteiger partial charge is 0.406 e. The summed E-state index contributed by atoms with van der Waals surface area (Å²) in [6.45, 7) is 0. The minimum atomic E-state index is -4.69. The summed E-state index contributed by atoms with van der Waals surface area (Å²) in [4.78, 5) is 0. The van der Waals surface area contributed by atoms with Crippen molar-refractivity contribution >= 4 is 0 Å². The average Bonchev–Trinajstić information content (AvgIpc) is 2.01. The molecule has 0 heterocycles. The first-order chi connectivity index (χ1) is 6.01. The second-order valence-electron chi connectivity index (χ2n) is 2.20. The summed E-state index contributed by atoms with van der Waals surface area (Å²) in [7, 11) is 0. The van der Waals surface area contributed by atoms with Gasteiger partial charge in [-0.15, -0.1) is 13.2 Å². The van der Waals surface area contributed by atoms with Crippen molar-refractivity contribution in [3.63, 3.8) is 0 Å². The van der Waals surface area contributed by atoms with E-state index in [-0.39, 0.29) is 11.3 Å². The molecular formula is C9H4F3O. The van der Waals surface area contributed by atoms with E-state index in [1.165, 1.54) is 12.1 Å². The Bertz CT molecular complexity index is 335. The lowest BCUT2D eigenvalue weighted by atomic mass is 10.2. The van der Waals surface area contributed by atoms with Gasteiger partial charge in [-0.2, -0.15) is 0 Å². The average molecular weight is 185 g/mol. The topological polar surface area (TPSA) is 9.23 Å². The zero-order valence-corrected chi connectivity index (χ0v) is 6.35. The van der Waals surface area contributed by atoms with E-state index in [0.717, 1.165) is 12.1 Å². The maximum Gasteiger partial charge on any atom is 0.573 e. The van der Waals surface area contributed by atoms with E-state index in [1.54, 1.807) is 0 Å². The highest BCUT2D eigenvalue weighted by Gasteiger charge is 2.30. The molecule has 1 aromatic rings. The molecule has 0 bridgehead atoms.